The van der Waals surface area contributed by atoms with Gasteiger partial charge in [0.1, 0.15) is 5.82 Å². The van der Waals surface area contributed by atoms with Crippen molar-refractivity contribution in [1.29, 1.82) is 0 Å². The largest absolute Gasteiger partial charge is 0.341 e. The highest BCUT2D eigenvalue weighted by Gasteiger charge is 2.40. The second-order valence-corrected chi connectivity index (χ2v) is 8.49. The molecule has 1 amide bonds. The van der Waals surface area contributed by atoms with Gasteiger partial charge < -0.3 is 9.80 Å². The van der Waals surface area contributed by atoms with Gasteiger partial charge >= 0.3 is 0 Å². The third-order valence-electron chi connectivity index (χ3n) is 6.08. The van der Waals surface area contributed by atoms with Crippen molar-refractivity contribution in [2.45, 2.75) is 39.2 Å². The zero-order valence-corrected chi connectivity index (χ0v) is 16.4. The number of halogens is 1. The minimum Gasteiger partial charge on any atom is -0.341 e. The van der Waals surface area contributed by atoms with Crippen LogP contribution in [0.1, 0.15) is 36.8 Å². The van der Waals surface area contributed by atoms with E-state index in [1.807, 2.05) is 33.2 Å². The van der Waals surface area contributed by atoms with Crippen LogP contribution >= 0.6 is 0 Å². The fraction of sp³-hybridized carbons (Fsp3) is 0.667. The molecule has 1 aromatic carbocycles. The summed E-state index contributed by atoms with van der Waals surface area (Å²) in [4.78, 5) is 18.8. The summed E-state index contributed by atoms with van der Waals surface area (Å²) in [6.45, 7) is 7.22. The number of likely N-dealkylation sites (tertiary alicyclic amines) is 2. The number of carbonyl (C=O) groups excluding carboxylic acids is 1. The van der Waals surface area contributed by atoms with Crippen molar-refractivity contribution < 1.29 is 9.18 Å². The van der Waals surface area contributed by atoms with E-state index in [4.69, 9.17) is 0 Å². The van der Waals surface area contributed by atoms with E-state index in [0.29, 0.717) is 18.9 Å². The molecular weight excluding hydrogens is 329 g/mol. The molecule has 2 aliphatic rings. The van der Waals surface area contributed by atoms with Crippen molar-refractivity contribution in [3.8, 4) is 0 Å². The topological polar surface area (TPSA) is 26.8 Å². The molecule has 0 unspecified atom stereocenters. The summed E-state index contributed by atoms with van der Waals surface area (Å²) in [5.41, 5.74) is 2.02. The van der Waals surface area contributed by atoms with Crippen molar-refractivity contribution in [3.63, 3.8) is 0 Å². The van der Waals surface area contributed by atoms with Crippen LogP contribution in [0.15, 0.2) is 18.2 Å². The summed E-state index contributed by atoms with van der Waals surface area (Å²) in [6.07, 6.45) is 3.90. The summed E-state index contributed by atoms with van der Waals surface area (Å²) >= 11 is 0. The van der Waals surface area contributed by atoms with E-state index in [0.717, 1.165) is 63.1 Å². The minimum atomic E-state index is -0.0941. The van der Waals surface area contributed by atoms with Gasteiger partial charge in [-0.3, -0.25) is 9.69 Å². The third kappa shape index (κ3) is 4.63. The van der Waals surface area contributed by atoms with Crippen molar-refractivity contribution >= 4 is 5.91 Å². The number of nitrogens with zero attached hydrogens (tertiary/aromatic N) is 3. The quantitative estimate of drug-likeness (QED) is 0.807. The molecule has 0 radical (unpaired) electrons. The third-order valence-corrected chi connectivity index (χ3v) is 6.08. The standard InChI is InChI=1S/C21H32FN3O/c1-17-4-5-18(19(22)14-17)15-24-10-8-21(9-11-24)7-6-20(26)25(16-21)13-12-23(2)3/h4-5,14H,6-13,15-16H2,1-3H3. The van der Waals surface area contributed by atoms with Gasteiger partial charge in [-0.05, 0) is 70.4 Å². The molecule has 0 aromatic heterocycles. The highest BCUT2D eigenvalue weighted by atomic mass is 19.1. The number of rotatable bonds is 5. The number of benzene rings is 1. The van der Waals surface area contributed by atoms with Crippen LogP contribution < -0.4 is 0 Å². The molecular formula is C21H32FN3O. The smallest absolute Gasteiger partial charge is 0.222 e. The highest BCUT2D eigenvalue weighted by molar-refractivity contribution is 5.77. The Kier molecular flexibility index (Phi) is 5.98. The molecule has 144 valence electrons. The maximum atomic E-state index is 14.1. The number of hydrogen-bond donors (Lipinski definition) is 0. The van der Waals surface area contributed by atoms with Crippen LogP contribution in [-0.4, -0.2) is 67.4 Å². The van der Waals surface area contributed by atoms with Gasteiger partial charge in [0.05, 0.1) is 0 Å². The SMILES string of the molecule is Cc1ccc(CN2CCC3(CCC(=O)N(CCN(C)C)C3)CC2)c(F)c1. The molecule has 0 bridgehead atoms. The van der Waals surface area contributed by atoms with Crippen molar-refractivity contribution in [2.75, 3.05) is 46.8 Å². The van der Waals surface area contributed by atoms with Crippen LogP contribution in [0, 0.1) is 18.2 Å². The van der Waals surface area contributed by atoms with Gasteiger partial charge in [0, 0.05) is 38.2 Å². The number of hydrogen-bond acceptors (Lipinski definition) is 3. The molecule has 2 aliphatic heterocycles. The summed E-state index contributed by atoms with van der Waals surface area (Å²) in [5.74, 6) is 0.213. The number of likely N-dealkylation sites (N-methyl/N-ethyl adjacent to an activating group) is 1. The molecule has 5 heteroatoms. The summed E-state index contributed by atoms with van der Waals surface area (Å²) in [5, 5.41) is 0. The van der Waals surface area contributed by atoms with E-state index < -0.39 is 0 Å². The molecule has 0 atom stereocenters. The van der Waals surface area contributed by atoms with Crippen molar-refractivity contribution in [3.05, 3.63) is 35.1 Å². The Balaban J connectivity index is 1.56. The van der Waals surface area contributed by atoms with E-state index >= 15 is 0 Å². The Hall–Kier alpha value is -1.46. The van der Waals surface area contributed by atoms with Crippen LogP contribution in [0.4, 0.5) is 4.39 Å². The lowest BCUT2D eigenvalue weighted by Crippen LogP contribution is -2.52. The first-order valence-electron chi connectivity index (χ1n) is 9.77. The van der Waals surface area contributed by atoms with E-state index in [-0.39, 0.29) is 11.2 Å². The van der Waals surface area contributed by atoms with Gasteiger partial charge in [-0.15, -0.1) is 0 Å². The Labute approximate surface area is 157 Å². The number of piperidine rings is 2. The monoisotopic (exact) mass is 361 g/mol. The summed E-state index contributed by atoms with van der Waals surface area (Å²) in [6, 6.07) is 5.52. The Morgan fingerprint density at radius 1 is 1.19 bits per heavy atom. The van der Waals surface area contributed by atoms with E-state index in [2.05, 4.69) is 14.7 Å². The van der Waals surface area contributed by atoms with Crippen LogP contribution in [-0.2, 0) is 11.3 Å². The van der Waals surface area contributed by atoms with Crippen molar-refractivity contribution in [2.24, 2.45) is 5.41 Å². The van der Waals surface area contributed by atoms with Gasteiger partial charge in [-0.2, -0.15) is 0 Å². The number of aryl methyl sites for hydroxylation is 1. The van der Waals surface area contributed by atoms with E-state index in [9.17, 15) is 9.18 Å². The maximum Gasteiger partial charge on any atom is 0.222 e. The molecule has 4 nitrogen and oxygen atoms in total. The van der Waals surface area contributed by atoms with Gasteiger partial charge in [0.2, 0.25) is 5.91 Å². The molecule has 0 N–H and O–H groups in total. The Morgan fingerprint density at radius 2 is 1.92 bits per heavy atom. The fourth-order valence-corrected chi connectivity index (χ4v) is 4.24. The van der Waals surface area contributed by atoms with Crippen LogP contribution in [0.3, 0.4) is 0 Å². The van der Waals surface area contributed by atoms with Gasteiger partial charge in [-0.1, -0.05) is 12.1 Å². The molecule has 1 spiro atoms. The number of amides is 1. The molecule has 0 aliphatic carbocycles. The second kappa shape index (κ2) is 8.05. The van der Waals surface area contributed by atoms with Crippen LogP contribution in [0.25, 0.3) is 0 Å². The van der Waals surface area contributed by atoms with Crippen LogP contribution in [0.5, 0.6) is 0 Å². The van der Waals surface area contributed by atoms with Gasteiger partial charge in [0.15, 0.2) is 0 Å². The average molecular weight is 362 g/mol. The predicted molar refractivity (Wildman–Crippen MR) is 102 cm³/mol. The van der Waals surface area contributed by atoms with Crippen LogP contribution in [0.2, 0.25) is 0 Å². The zero-order chi connectivity index (χ0) is 18.7. The van der Waals surface area contributed by atoms with Gasteiger partial charge in [0.25, 0.3) is 0 Å². The van der Waals surface area contributed by atoms with E-state index in [1.54, 1.807) is 6.07 Å². The molecule has 2 saturated heterocycles. The minimum absolute atomic E-state index is 0.0941. The number of carbonyl (C=O) groups is 1. The van der Waals surface area contributed by atoms with Gasteiger partial charge in [-0.25, -0.2) is 4.39 Å². The Morgan fingerprint density at radius 3 is 2.58 bits per heavy atom. The average Bonchev–Trinajstić information content (AvgIpc) is 2.60. The normalized spacial score (nSPS) is 21.0. The fourth-order valence-electron chi connectivity index (χ4n) is 4.24. The van der Waals surface area contributed by atoms with Crippen molar-refractivity contribution in [1.82, 2.24) is 14.7 Å². The highest BCUT2D eigenvalue weighted by Crippen LogP contribution is 2.40. The summed E-state index contributed by atoms with van der Waals surface area (Å²) in [7, 11) is 4.10. The van der Waals surface area contributed by atoms with E-state index in [1.165, 1.54) is 0 Å². The lowest BCUT2D eigenvalue weighted by Gasteiger charge is -2.47. The first-order valence-corrected chi connectivity index (χ1v) is 9.77. The first kappa shape index (κ1) is 19.3. The summed E-state index contributed by atoms with van der Waals surface area (Å²) < 4.78 is 14.1. The lowest BCUT2D eigenvalue weighted by molar-refractivity contribution is -0.139. The maximum absolute atomic E-state index is 14.1. The molecule has 1 aromatic rings. The lowest BCUT2D eigenvalue weighted by atomic mass is 9.72. The Bertz CT molecular complexity index is 638. The molecule has 2 fully saturated rings. The second-order valence-electron chi connectivity index (χ2n) is 8.49. The molecule has 26 heavy (non-hydrogen) atoms. The predicted octanol–water partition coefficient (Wildman–Crippen LogP) is 2.90. The first-order chi connectivity index (χ1) is 12.4. The zero-order valence-electron chi connectivity index (χ0n) is 16.4. The molecule has 3 rings (SSSR count). The molecule has 0 saturated carbocycles. The molecule has 2 heterocycles.